The van der Waals surface area contributed by atoms with Crippen molar-refractivity contribution in [1.82, 2.24) is 0 Å². The maximum Gasteiger partial charge on any atom is 0.303 e. The molecule has 1 aliphatic rings. The van der Waals surface area contributed by atoms with E-state index >= 15 is 0 Å². The number of carbonyl (C=O) groups excluding carboxylic acids is 2. The number of carboxylic acids is 1. The number of rotatable bonds is 14. The minimum absolute atomic E-state index is 0.0157. The molecule has 0 amide bonds. The highest BCUT2D eigenvalue weighted by Crippen LogP contribution is 2.34. The van der Waals surface area contributed by atoms with Crippen molar-refractivity contribution in [3.8, 4) is 11.5 Å². The van der Waals surface area contributed by atoms with Gasteiger partial charge in [-0.1, -0.05) is 44.9 Å². The van der Waals surface area contributed by atoms with Crippen LogP contribution in [-0.4, -0.2) is 47.1 Å². The summed E-state index contributed by atoms with van der Waals surface area (Å²) in [6.45, 7) is 6.19. The van der Waals surface area contributed by atoms with Crippen LogP contribution in [0.2, 0.25) is 0 Å². The Morgan fingerprint density at radius 3 is 2.49 bits per heavy atom. The summed E-state index contributed by atoms with van der Waals surface area (Å²) in [4.78, 5) is 36.5. The van der Waals surface area contributed by atoms with Crippen LogP contribution < -0.4 is 4.74 Å². The van der Waals surface area contributed by atoms with Crippen LogP contribution in [-0.2, 0) is 28.8 Å². The van der Waals surface area contributed by atoms with E-state index in [0.717, 1.165) is 36.0 Å². The average molecular weight is 511 g/mol. The fraction of sp³-hybridized carbons (Fsp3) is 0.500. The number of aromatic hydroxyl groups is 1. The molecule has 37 heavy (non-hydrogen) atoms. The predicted octanol–water partition coefficient (Wildman–Crippen LogP) is 5.57. The van der Waals surface area contributed by atoms with Gasteiger partial charge in [0.15, 0.2) is 11.6 Å². The topological polar surface area (TPSA) is 110 Å². The normalized spacial score (nSPS) is 16.9. The van der Waals surface area contributed by atoms with Crippen molar-refractivity contribution in [3.05, 3.63) is 58.1 Å². The highest BCUT2D eigenvalue weighted by Gasteiger charge is 2.37. The Balaban J connectivity index is 1.65. The number of hydrogen-bond donors (Lipinski definition) is 2. The smallest absolute Gasteiger partial charge is 0.303 e. The molecule has 0 fully saturated rings. The molecule has 7 heteroatoms. The zero-order valence-corrected chi connectivity index (χ0v) is 22.0. The van der Waals surface area contributed by atoms with Gasteiger partial charge in [0.05, 0.1) is 24.9 Å². The number of carbonyl (C=O) groups is 3. The van der Waals surface area contributed by atoms with Crippen molar-refractivity contribution < 1.29 is 34.1 Å². The van der Waals surface area contributed by atoms with Crippen LogP contribution in [0.3, 0.4) is 0 Å². The number of carboxylic acid groups (broad SMARTS) is 1. The van der Waals surface area contributed by atoms with Crippen molar-refractivity contribution in [3.63, 3.8) is 0 Å². The minimum atomic E-state index is -0.922. The molecule has 0 saturated carbocycles. The van der Waals surface area contributed by atoms with Crippen LogP contribution in [0.15, 0.2) is 30.3 Å². The second-order valence-corrected chi connectivity index (χ2v) is 9.66. The van der Waals surface area contributed by atoms with E-state index in [2.05, 4.69) is 6.92 Å². The number of fused-ring (bicyclic) bond motifs is 1. The van der Waals surface area contributed by atoms with Gasteiger partial charge < -0.3 is 19.7 Å². The van der Waals surface area contributed by atoms with E-state index in [1.165, 1.54) is 6.92 Å². The van der Waals surface area contributed by atoms with Gasteiger partial charge in [-0.25, -0.2) is 0 Å². The zero-order valence-electron chi connectivity index (χ0n) is 22.0. The second-order valence-electron chi connectivity index (χ2n) is 9.66. The quantitative estimate of drug-likeness (QED) is 0.252. The van der Waals surface area contributed by atoms with Crippen LogP contribution >= 0.6 is 0 Å². The molecule has 2 atom stereocenters. The number of phenols is 1. The Morgan fingerprint density at radius 2 is 1.81 bits per heavy atom. The van der Waals surface area contributed by atoms with E-state index in [1.54, 1.807) is 12.1 Å². The molecule has 0 aliphatic heterocycles. The summed E-state index contributed by atoms with van der Waals surface area (Å²) in [6, 6.07) is 9.22. The SMILES string of the molecule is CCCc1cccc2c1C(=O)C(CCC(=O)O)C(OCCCOc1ccc(C(C)=O)c(O)c1CCC)C2. The molecular formula is C30H38O7. The Hall–Kier alpha value is -3.19. The van der Waals surface area contributed by atoms with E-state index in [9.17, 15) is 24.6 Å². The van der Waals surface area contributed by atoms with Crippen LogP contribution in [0.4, 0.5) is 0 Å². The molecule has 200 valence electrons. The maximum atomic E-state index is 13.5. The second kappa shape index (κ2) is 13.4. The first kappa shape index (κ1) is 28.4. The van der Waals surface area contributed by atoms with Gasteiger partial charge in [0.1, 0.15) is 11.5 Å². The van der Waals surface area contributed by atoms with Crippen LogP contribution in [0, 0.1) is 5.92 Å². The number of aryl methyl sites for hydroxylation is 1. The van der Waals surface area contributed by atoms with Gasteiger partial charge in [-0.2, -0.15) is 0 Å². The average Bonchev–Trinajstić information content (AvgIpc) is 2.85. The molecule has 0 spiro atoms. The molecule has 2 aromatic carbocycles. The van der Waals surface area contributed by atoms with E-state index in [0.29, 0.717) is 43.8 Å². The maximum absolute atomic E-state index is 13.5. The van der Waals surface area contributed by atoms with Crippen molar-refractivity contribution in [2.24, 2.45) is 5.92 Å². The van der Waals surface area contributed by atoms with E-state index in [-0.39, 0.29) is 41.8 Å². The first-order valence-electron chi connectivity index (χ1n) is 13.2. The first-order valence-corrected chi connectivity index (χ1v) is 13.2. The largest absolute Gasteiger partial charge is 0.507 e. The number of hydrogen-bond acceptors (Lipinski definition) is 6. The Morgan fingerprint density at radius 1 is 1.05 bits per heavy atom. The van der Waals surface area contributed by atoms with E-state index < -0.39 is 11.9 Å². The standard InChI is InChI=1S/C30H38O7/c1-4-8-20-10-6-11-21-18-26(24(13-15-27(32)33)30(35)28(20)21)37-17-7-16-36-25-14-12-22(19(3)31)29(34)23(25)9-5-2/h6,10-12,14,24,26,34H,4-5,7-9,13,15-18H2,1-3H3,(H,32,33). The number of benzene rings is 2. The van der Waals surface area contributed by atoms with Crippen molar-refractivity contribution in [1.29, 1.82) is 0 Å². The van der Waals surface area contributed by atoms with Crippen LogP contribution in [0.1, 0.15) is 90.3 Å². The van der Waals surface area contributed by atoms with Crippen molar-refractivity contribution in [2.45, 2.75) is 78.2 Å². The minimum Gasteiger partial charge on any atom is -0.507 e. The molecule has 2 aromatic rings. The fourth-order valence-corrected chi connectivity index (χ4v) is 5.11. The molecule has 0 aromatic heterocycles. The molecule has 0 bridgehead atoms. The van der Waals surface area contributed by atoms with Gasteiger partial charge in [0.25, 0.3) is 0 Å². The molecular weight excluding hydrogens is 472 g/mol. The third kappa shape index (κ3) is 6.98. The number of phenolic OH excluding ortho intramolecular Hbond substituents is 1. The summed E-state index contributed by atoms with van der Waals surface area (Å²) >= 11 is 0. The van der Waals surface area contributed by atoms with Crippen LogP contribution in [0.5, 0.6) is 11.5 Å². The molecule has 0 saturated heterocycles. The molecule has 0 heterocycles. The first-order chi connectivity index (χ1) is 17.8. The van der Waals surface area contributed by atoms with E-state index in [1.807, 2.05) is 25.1 Å². The lowest BCUT2D eigenvalue weighted by Crippen LogP contribution is -2.39. The summed E-state index contributed by atoms with van der Waals surface area (Å²) in [7, 11) is 0. The summed E-state index contributed by atoms with van der Waals surface area (Å²) < 4.78 is 12.1. The summed E-state index contributed by atoms with van der Waals surface area (Å²) in [5.41, 5.74) is 3.66. The molecule has 2 unspecified atom stereocenters. The monoisotopic (exact) mass is 510 g/mol. The van der Waals surface area contributed by atoms with Crippen LogP contribution in [0.25, 0.3) is 0 Å². The molecule has 2 N–H and O–H groups in total. The van der Waals surface area contributed by atoms with Crippen molar-refractivity contribution >= 4 is 17.5 Å². The van der Waals surface area contributed by atoms with Gasteiger partial charge in [-0.3, -0.25) is 14.4 Å². The Labute approximate surface area is 218 Å². The third-order valence-corrected chi connectivity index (χ3v) is 6.88. The third-order valence-electron chi connectivity index (χ3n) is 6.88. The molecule has 3 rings (SSSR count). The van der Waals surface area contributed by atoms with Gasteiger partial charge in [0.2, 0.25) is 0 Å². The van der Waals surface area contributed by atoms with Gasteiger partial charge in [-0.05, 0) is 49.4 Å². The Kier molecular flexibility index (Phi) is 10.3. The van der Waals surface area contributed by atoms with Crippen molar-refractivity contribution in [2.75, 3.05) is 13.2 Å². The van der Waals surface area contributed by atoms with Gasteiger partial charge >= 0.3 is 5.97 Å². The molecule has 0 radical (unpaired) electrons. The summed E-state index contributed by atoms with van der Waals surface area (Å²) in [5, 5.41) is 19.7. The summed E-state index contributed by atoms with van der Waals surface area (Å²) in [6.07, 6.45) is 4.04. The highest BCUT2D eigenvalue weighted by molar-refractivity contribution is 6.02. The predicted molar refractivity (Wildman–Crippen MR) is 141 cm³/mol. The van der Waals surface area contributed by atoms with Gasteiger partial charge in [-0.15, -0.1) is 0 Å². The fourth-order valence-electron chi connectivity index (χ4n) is 5.11. The highest BCUT2D eigenvalue weighted by atomic mass is 16.5. The lowest BCUT2D eigenvalue weighted by Gasteiger charge is -2.33. The lowest BCUT2D eigenvalue weighted by molar-refractivity contribution is -0.137. The van der Waals surface area contributed by atoms with Gasteiger partial charge in [0, 0.05) is 36.3 Å². The molecule has 1 aliphatic carbocycles. The number of ether oxygens (including phenoxy) is 2. The summed E-state index contributed by atoms with van der Waals surface area (Å²) in [5.74, 6) is -1.10. The molecule has 7 nitrogen and oxygen atoms in total. The number of Topliss-reactive ketones (excluding diaryl/α,β-unsaturated/α-hetero) is 2. The zero-order chi connectivity index (χ0) is 26.9. The number of ketones is 2. The Bertz CT molecular complexity index is 1120. The van der Waals surface area contributed by atoms with E-state index in [4.69, 9.17) is 9.47 Å². The lowest BCUT2D eigenvalue weighted by atomic mass is 9.76. The number of aliphatic carboxylic acids is 1.